The van der Waals surface area contributed by atoms with Crippen LogP contribution in [0, 0.1) is 11.3 Å². The van der Waals surface area contributed by atoms with Gasteiger partial charge in [0, 0.05) is 12.1 Å². The van der Waals surface area contributed by atoms with Crippen LogP contribution in [0.3, 0.4) is 0 Å². The topological polar surface area (TPSA) is 102 Å². The number of carboxylic acids is 1. The van der Waals surface area contributed by atoms with Gasteiger partial charge in [0.05, 0.1) is 24.5 Å². The molecule has 2 fully saturated rings. The Morgan fingerprint density at radius 2 is 2.17 bits per heavy atom. The average Bonchev–Trinajstić information content (AvgIpc) is 2.88. The molecule has 0 spiro atoms. The smallest absolute Gasteiger partial charge is 0.306 e. The van der Waals surface area contributed by atoms with Crippen LogP contribution in [-0.4, -0.2) is 42.3 Å². The van der Waals surface area contributed by atoms with Crippen molar-refractivity contribution in [3.05, 3.63) is 0 Å². The maximum atomic E-state index is 12.2. The number of nitrogens with two attached hydrogens (primary N) is 1. The van der Waals surface area contributed by atoms with Crippen LogP contribution in [-0.2, 0) is 14.3 Å². The van der Waals surface area contributed by atoms with Gasteiger partial charge in [-0.2, -0.15) is 0 Å². The van der Waals surface area contributed by atoms with Gasteiger partial charge in [-0.15, -0.1) is 0 Å². The number of ether oxygens (including phenoxy) is 1. The van der Waals surface area contributed by atoms with E-state index in [4.69, 9.17) is 15.6 Å². The number of amides is 1. The summed E-state index contributed by atoms with van der Waals surface area (Å²) in [5.41, 5.74) is 5.19. The van der Waals surface area contributed by atoms with Crippen LogP contribution in [0.4, 0.5) is 0 Å². The Hall–Kier alpha value is -1.14. The highest BCUT2D eigenvalue weighted by atomic mass is 16.5. The zero-order valence-electron chi connectivity index (χ0n) is 10.5. The van der Waals surface area contributed by atoms with Gasteiger partial charge in [0.1, 0.15) is 0 Å². The van der Waals surface area contributed by atoms with E-state index in [1.165, 1.54) is 0 Å². The number of hydrogen-bond donors (Lipinski definition) is 3. The molecule has 2 aliphatic rings. The van der Waals surface area contributed by atoms with E-state index < -0.39 is 11.4 Å². The number of rotatable bonds is 3. The van der Waals surface area contributed by atoms with Crippen molar-refractivity contribution in [2.24, 2.45) is 17.1 Å². The molecule has 0 aromatic rings. The summed E-state index contributed by atoms with van der Waals surface area (Å²) in [4.78, 5) is 23.0. The third kappa shape index (κ3) is 2.35. The Balaban J connectivity index is 1.91. The molecule has 1 aliphatic carbocycles. The van der Waals surface area contributed by atoms with Crippen molar-refractivity contribution in [2.75, 3.05) is 13.2 Å². The van der Waals surface area contributed by atoms with Gasteiger partial charge >= 0.3 is 5.97 Å². The fraction of sp³-hybridized carbons (Fsp3) is 0.833. The number of carbonyl (C=O) groups is 2. The Labute approximate surface area is 106 Å². The first-order valence-corrected chi connectivity index (χ1v) is 6.30. The molecule has 6 heteroatoms. The maximum absolute atomic E-state index is 12.2. The first kappa shape index (κ1) is 13.3. The average molecular weight is 256 g/mol. The van der Waals surface area contributed by atoms with Crippen LogP contribution < -0.4 is 11.1 Å². The van der Waals surface area contributed by atoms with Gasteiger partial charge < -0.3 is 20.9 Å². The third-order valence-corrected chi connectivity index (χ3v) is 4.15. The van der Waals surface area contributed by atoms with E-state index >= 15 is 0 Å². The lowest BCUT2D eigenvalue weighted by atomic mass is 9.84. The molecule has 0 aromatic carbocycles. The standard InChI is InChI=1S/C12H20N2O4/c1-12(6-18-5-9(12)13)11(17)14-8-3-2-7(4-8)10(15)16/h7-9H,2-6,13H2,1H3,(H,14,17)(H,15,16). The minimum absolute atomic E-state index is 0.0526. The van der Waals surface area contributed by atoms with Crippen molar-refractivity contribution < 1.29 is 19.4 Å². The molecule has 4 N–H and O–H groups in total. The number of hydrogen-bond acceptors (Lipinski definition) is 4. The predicted octanol–water partition coefficient (Wildman–Crippen LogP) is -0.280. The minimum atomic E-state index is -0.779. The van der Waals surface area contributed by atoms with Gasteiger partial charge in [-0.25, -0.2) is 0 Å². The van der Waals surface area contributed by atoms with Crippen LogP contribution in [0.15, 0.2) is 0 Å². The van der Waals surface area contributed by atoms with E-state index in [2.05, 4.69) is 5.32 Å². The highest BCUT2D eigenvalue weighted by molar-refractivity contribution is 5.84. The van der Waals surface area contributed by atoms with Crippen molar-refractivity contribution in [1.29, 1.82) is 0 Å². The van der Waals surface area contributed by atoms with Gasteiger partial charge in [-0.1, -0.05) is 0 Å². The number of nitrogens with one attached hydrogen (secondary N) is 1. The molecule has 2 rings (SSSR count). The third-order valence-electron chi connectivity index (χ3n) is 4.15. The van der Waals surface area contributed by atoms with E-state index in [9.17, 15) is 9.59 Å². The maximum Gasteiger partial charge on any atom is 0.306 e. The van der Waals surface area contributed by atoms with Gasteiger partial charge in [0.15, 0.2) is 0 Å². The minimum Gasteiger partial charge on any atom is -0.481 e. The van der Waals surface area contributed by atoms with Crippen molar-refractivity contribution in [3.8, 4) is 0 Å². The first-order chi connectivity index (χ1) is 8.43. The lowest BCUT2D eigenvalue weighted by Crippen LogP contribution is -2.52. The second-order valence-corrected chi connectivity index (χ2v) is 5.56. The summed E-state index contributed by atoms with van der Waals surface area (Å²) in [5, 5.41) is 11.8. The molecule has 0 aromatic heterocycles. The molecule has 1 heterocycles. The van der Waals surface area contributed by atoms with Crippen LogP contribution in [0.25, 0.3) is 0 Å². The van der Waals surface area contributed by atoms with Crippen molar-refractivity contribution in [1.82, 2.24) is 5.32 Å². The van der Waals surface area contributed by atoms with E-state index in [0.717, 1.165) is 6.42 Å². The lowest BCUT2D eigenvalue weighted by Gasteiger charge is -2.27. The fourth-order valence-corrected chi connectivity index (χ4v) is 2.61. The zero-order chi connectivity index (χ0) is 13.3. The molecule has 4 atom stereocenters. The van der Waals surface area contributed by atoms with Gasteiger partial charge in [-0.05, 0) is 26.2 Å². The summed E-state index contributed by atoms with van der Waals surface area (Å²) >= 11 is 0. The number of aliphatic carboxylic acids is 1. The van der Waals surface area contributed by atoms with Gasteiger partial charge in [-0.3, -0.25) is 9.59 Å². The van der Waals surface area contributed by atoms with Crippen molar-refractivity contribution in [2.45, 2.75) is 38.3 Å². The van der Waals surface area contributed by atoms with Crippen molar-refractivity contribution >= 4 is 11.9 Å². The largest absolute Gasteiger partial charge is 0.481 e. The molecule has 0 radical (unpaired) electrons. The Morgan fingerprint density at radius 1 is 1.44 bits per heavy atom. The second-order valence-electron chi connectivity index (χ2n) is 5.56. The SMILES string of the molecule is CC1(C(=O)NC2CCC(C(=O)O)C2)COCC1N. The quantitative estimate of drug-likeness (QED) is 0.644. The molecule has 102 valence electrons. The number of carboxylic acid groups (broad SMARTS) is 1. The fourth-order valence-electron chi connectivity index (χ4n) is 2.61. The molecule has 1 saturated carbocycles. The molecule has 18 heavy (non-hydrogen) atoms. The monoisotopic (exact) mass is 256 g/mol. The van der Waals surface area contributed by atoms with Gasteiger partial charge in [0.25, 0.3) is 0 Å². The summed E-state index contributed by atoms with van der Waals surface area (Å²) < 4.78 is 5.24. The van der Waals surface area contributed by atoms with Crippen molar-refractivity contribution in [3.63, 3.8) is 0 Å². The van der Waals surface area contributed by atoms with Crippen LogP contribution in [0.2, 0.25) is 0 Å². The van der Waals surface area contributed by atoms with E-state index in [1.54, 1.807) is 6.92 Å². The summed E-state index contributed by atoms with van der Waals surface area (Å²) in [6.45, 7) is 2.52. The van der Waals surface area contributed by atoms with E-state index in [-0.39, 0.29) is 23.9 Å². The second kappa shape index (κ2) is 4.85. The summed E-state index contributed by atoms with van der Waals surface area (Å²) in [7, 11) is 0. The van der Waals surface area contributed by atoms with Crippen LogP contribution >= 0.6 is 0 Å². The lowest BCUT2D eigenvalue weighted by molar-refractivity contribution is -0.141. The molecular weight excluding hydrogens is 236 g/mol. The Bertz CT molecular complexity index is 360. The van der Waals surface area contributed by atoms with Gasteiger partial charge in [0.2, 0.25) is 5.91 Å². The molecule has 1 aliphatic heterocycles. The predicted molar refractivity (Wildman–Crippen MR) is 63.8 cm³/mol. The summed E-state index contributed by atoms with van der Waals surface area (Å²) in [6.07, 6.45) is 1.85. The van der Waals surface area contributed by atoms with Crippen LogP contribution in [0.5, 0.6) is 0 Å². The Kier molecular flexibility index (Phi) is 3.59. The molecule has 6 nitrogen and oxygen atoms in total. The highest BCUT2D eigenvalue weighted by Crippen LogP contribution is 2.30. The summed E-state index contributed by atoms with van der Waals surface area (Å²) in [5.74, 6) is -1.24. The molecule has 1 saturated heterocycles. The molecule has 1 amide bonds. The van der Waals surface area contributed by atoms with Crippen LogP contribution in [0.1, 0.15) is 26.2 Å². The normalized spacial score (nSPS) is 39.8. The zero-order valence-corrected chi connectivity index (χ0v) is 10.5. The summed E-state index contributed by atoms with van der Waals surface area (Å²) in [6, 6.07) is -0.350. The molecular formula is C12H20N2O4. The number of carbonyl (C=O) groups excluding carboxylic acids is 1. The molecule has 4 unspecified atom stereocenters. The first-order valence-electron chi connectivity index (χ1n) is 6.30. The van der Waals surface area contributed by atoms with E-state index in [0.29, 0.717) is 26.1 Å². The highest BCUT2D eigenvalue weighted by Gasteiger charge is 2.45. The molecule has 0 bridgehead atoms. The Morgan fingerprint density at radius 3 is 2.67 bits per heavy atom. The van der Waals surface area contributed by atoms with E-state index in [1.807, 2.05) is 0 Å².